The van der Waals surface area contributed by atoms with Crippen LogP contribution in [0.3, 0.4) is 0 Å². The van der Waals surface area contributed by atoms with Gasteiger partial charge >= 0.3 is 0 Å². The minimum Gasteiger partial charge on any atom is -0.496 e. The van der Waals surface area contributed by atoms with Crippen LogP contribution in [0.5, 0.6) is 5.75 Å². The standard InChI is InChI=1S/C20H16N4O2/c1-26-18-5-3-2-4-17(18)20(25)24-16-10-11-19(22-13-16)23-15-8-6-14(12-21)7-9-15/h2-11,13H,1H3,(H,22,23)(H,24,25). The number of ether oxygens (including phenoxy) is 1. The van der Waals surface area contributed by atoms with Crippen LogP contribution in [0.4, 0.5) is 17.2 Å². The number of methoxy groups -OCH3 is 1. The van der Waals surface area contributed by atoms with Gasteiger partial charge in [-0.15, -0.1) is 0 Å². The number of amides is 1. The summed E-state index contributed by atoms with van der Waals surface area (Å²) in [6.07, 6.45) is 1.57. The Bertz CT molecular complexity index is 945. The van der Waals surface area contributed by atoms with Gasteiger partial charge in [-0.1, -0.05) is 12.1 Å². The second kappa shape index (κ2) is 7.81. The SMILES string of the molecule is COc1ccccc1C(=O)Nc1ccc(Nc2ccc(C#N)cc2)nc1. The fourth-order valence-corrected chi connectivity index (χ4v) is 2.35. The Morgan fingerprint density at radius 1 is 1.04 bits per heavy atom. The number of carbonyl (C=O) groups is 1. The number of hydrogen-bond donors (Lipinski definition) is 2. The summed E-state index contributed by atoms with van der Waals surface area (Å²) >= 11 is 0. The van der Waals surface area contributed by atoms with Crippen LogP contribution in [-0.4, -0.2) is 18.0 Å². The first-order chi connectivity index (χ1) is 12.7. The molecule has 3 aromatic rings. The molecule has 2 N–H and O–H groups in total. The second-order valence-electron chi connectivity index (χ2n) is 5.40. The summed E-state index contributed by atoms with van der Waals surface area (Å²) in [7, 11) is 1.53. The predicted molar refractivity (Wildman–Crippen MR) is 99.6 cm³/mol. The average molecular weight is 344 g/mol. The smallest absolute Gasteiger partial charge is 0.259 e. The summed E-state index contributed by atoms with van der Waals surface area (Å²) in [6.45, 7) is 0. The number of carbonyl (C=O) groups excluding carboxylic acids is 1. The molecule has 0 radical (unpaired) electrons. The van der Waals surface area contributed by atoms with Crippen LogP contribution < -0.4 is 15.4 Å². The molecule has 3 rings (SSSR count). The van der Waals surface area contributed by atoms with Crippen LogP contribution in [0.2, 0.25) is 0 Å². The Labute approximate surface area is 151 Å². The molecule has 1 amide bonds. The number of nitrogens with zero attached hydrogens (tertiary/aromatic N) is 2. The Morgan fingerprint density at radius 2 is 1.77 bits per heavy atom. The Balaban J connectivity index is 1.67. The highest BCUT2D eigenvalue weighted by atomic mass is 16.5. The van der Waals surface area contributed by atoms with Crippen molar-refractivity contribution in [1.29, 1.82) is 5.26 Å². The summed E-state index contributed by atoms with van der Waals surface area (Å²) < 4.78 is 5.20. The number of nitrogens with one attached hydrogen (secondary N) is 2. The maximum atomic E-state index is 12.4. The van der Waals surface area contributed by atoms with E-state index in [1.165, 1.54) is 7.11 Å². The van der Waals surface area contributed by atoms with Gasteiger partial charge in [0.05, 0.1) is 36.2 Å². The third-order valence-electron chi connectivity index (χ3n) is 3.66. The highest BCUT2D eigenvalue weighted by Gasteiger charge is 2.11. The first kappa shape index (κ1) is 17.0. The van der Waals surface area contributed by atoms with Crippen LogP contribution in [0.1, 0.15) is 15.9 Å². The third-order valence-corrected chi connectivity index (χ3v) is 3.66. The number of rotatable bonds is 5. The van der Waals surface area contributed by atoms with E-state index < -0.39 is 0 Å². The number of pyridine rings is 1. The van der Waals surface area contributed by atoms with Crippen molar-refractivity contribution in [3.63, 3.8) is 0 Å². The van der Waals surface area contributed by atoms with E-state index in [9.17, 15) is 4.79 Å². The molecule has 0 unspecified atom stereocenters. The van der Waals surface area contributed by atoms with E-state index in [0.29, 0.717) is 28.4 Å². The quantitative estimate of drug-likeness (QED) is 0.731. The number of para-hydroxylation sites is 1. The average Bonchev–Trinajstić information content (AvgIpc) is 2.70. The number of anilines is 3. The van der Waals surface area contributed by atoms with Crippen LogP contribution in [-0.2, 0) is 0 Å². The van der Waals surface area contributed by atoms with Crippen LogP contribution >= 0.6 is 0 Å². The Kier molecular flexibility index (Phi) is 5.11. The van der Waals surface area contributed by atoms with Crippen molar-refractivity contribution in [1.82, 2.24) is 4.98 Å². The predicted octanol–water partition coefficient (Wildman–Crippen LogP) is 3.96. The lowest BCUT2D eigenvalue weighted by atomic mass is 10.2. The molecule has 1 heterocycles. The molecule has 26 heavy (non-hydrogen) atoms. The van der Waals surface area contributed by atoms with Gasteiger partial charge in [-0.2, -0.15) is 5.26 Å². The van der Waals surface area contributed by atoms with E-state index in [-0.39, 0.29) is 5.91 Å². The molecule has 0 bridgehead atoms. The van der Waals surface area contributed by atoms with E-state index >= 15 is 0 Å². The summed E-state index contributed by atoms with van der Waals surface area (Å²) in [6, 6.07) is 19.7. The van der Waals surface area contributed by atoms with Crippen molar-refractivity contribution in [3.8, 4) is 11.8 Å². The molecular formula is C20H16N4O2. The van der Waals surface area contributed by atoms with Gasteiger partial charge in [-0.05, 0) is 48.5 Å². The maximum absolute atomic E-state index is 12.4. The Hall–Kier alpha value is -3.85. The van der Waals surface area contributed by atoms with Gasteiger partial charge in [0.15, 0.2) is 0 Å². The zero-order valence-electron chi connectivity index (χ0n) is 14.1. The molecular weight excluding hydrogens is 328 g/mol. The van der Waals surface area contributed by atoms with Crippen LogP contribution in [0.25, 0.3) is 0 Å². The summed E-state index contributed by atoms with van der Waals surface area (Å²) in [5.41, 5.74) is 2.45. The molecule has 1 aromatic heterocycles. The lowest BCUT2D eigenvalue weighted by Crippen LogP contribution is -2.13. The van der Waals surface area contributed by atoms with Crippen molar-refractivity contribution >= 4 is 23.1 Å². The van der Waals surface area contributed by atoms with E-state index in [1.807, 2.05) is 0 Å². The molecule has 0 aliphatic heterocycles. The second-order valence-corrected chi connectivity index (χ2v) is 5.40. The van der Waals surface area contributed by atoms with Gasteiger partial charge in [0.2, 0.25) is 0 Å². The molecule has 6 heteroatoms. The lowest BCUT2D eigenvalue weighted by Gasteiger charge is -2.10. The monoisotopic (exact) mass is 344 g/mol. The van der Waals surface area contributed by atoms with Gasteiger partial charge in [-0.3, -0.25) is 4.79 Å². The molecule has 0 aliphatic carbocycles. The van der Waals surface area contributed by atoms with Crippen molar-refractivity contribution in [2.24, 2.45) is 0 Å². The first-order valence-corrected chi connectivity index (χ1v) is 7.87. The van der Waals surface area contributed by atoms with Crippen molar-refractivity contribution < 1.29 is 9.53 Å². The fourth-order valence-electron chi connectivity index (χ4n) is 2.35. The van der Waals surface area contributed by atoms with Gasteiger partial charge in [0.25, 0.3) is 5.91 Å². The molecule has 0 spiro atoms. The normalized spacial score (nSPS) is 9.85. The topological polar surface area (TPSA) is 87.0 Å². The number of benzene rings is 2. The molecule has 2 aromatic carbocycles. The molecule has 0 atom stereocenters. The maximum Gasteiger partial charge on any atom is 0.259 e. The van der Waals surface area contributed by atoms with Crippen LogP contribution in [0.15, 0.2) is 66.9 Å². The number of nitriles is 1. The zero-order valence-corrected chi connectivity index (χ0v) is 14.1. The van der Waals surface area contributed by atoms with Crippen molar-refractivity contribution in [2.75, 3.05) is 17.7 Å². The molecule has 6 nitrogen and oxygen atoms in total. The largest absolute Gasteiger partial charge is 0.496 e. The van der Waals surface area contributed by atoms with E-state index in [0.717, 1.165) is 5.69 Å². The zero-order chi connectivity index (χ0) is 18.4. The highest BCUT2D eigenvalue weighted by Crippen LogP contribution is 2.20. The van der Waals surface area contributed by atoms with Gasteiger partial charge < -0.3 is 15.4 Å². The molecule has 0 saturated heterocycles. The lowest BCUT2D eigenvalue weighted by molar-refractivity contribution is 0.102. The van der Waals surface area contributed by atoms with Gasteiger partial charge in [-0.25, -0.2) is 4.98 Å². The molecule has 0 aliphatic rings. The van der Waals surface area contributed by atoms with E-state index in [2.05, 4.69) is 21.7 Å². The number of aromatic nitrogens is 1. The minimum atomic E-state index is -0.267. The fraction of sp³-hybridized carbons (Fsp3) is 0.0500. The van der Waals surface area contributed by atoms with E-state index in [1.54, 1.807) is 66.9 Å². The summed E-state index contributed by atoms with van der Waals surface area (Å²) in [5, 5.41) is 14.7. The first-order valence-electron chi connectivity index (χ1n) is 7.87. The van der Waals surface area contributed by atoms with Gasteiger partial charge in [0, 0.05) is 5.69 Å². The minimum absolute atomic E-state index is 0.267. The summed E-state index contributed by atoms with van der Waals surface area (Å²) in [5.74, 6) is 0.874. The van der Waals surface area contributed by atoms with Gasteiger partial charge in [0.1, 0.15) is 11.6 Å². The highest BCUT2D eigenvalue weighted by molar-refractivity contribution is 6.06. The molecule has 0 saturated carbocycles. The van der Waals surface area contributed by atoms with Crippen molar-refractivity contribution in [2.45, 2.75) is 0 Å². The number of hydrogen-bond acceptors (Lipinski definition) is 5. The third kappa shape index (κ3) is 3.97. The molecule has 128 valence electrons. The molecule has 0 fully saturated rings. The van der Waals surface area contributed by atoms with Crippen molar-refractivity contribution in [3.05, 3.63) is 78.0 Å². The summed E-state index contributed by atoms with van der Waals surface area (Å²) in [4.78, 5) is 16.7. The van der Waals surface area contributed by atoms with E-state index in [4.69, 9.17) is 10.00 Å². The van der Waals surface area contributed by atoms with Crippen LogP contribution in [0, 0.1) is 11.3 Å². The Morgan fingerprint density at radius 3 is 2.42 bits per heavy atom.